The summed E-state index contributed by atoms with van der Waals surface area (Å²) in [5.74, 6) is 0.738. The van der Waals surface area contributed by atoms with Crippen LogP contribution in [0.15, 0.2) is 54.6 Å². The van der Waals surface area contributed by atoms with Crippen LogP contribution in [0, 0.1) is 6.92 Å². The van der Waals surface area contributed by atoms with Gasteiger partial charge < -0.3 is 15.4 Å². The molecule has 0 aliphatic heterocycles. The highest BCUT2D eigenvalue weighted by atomic mass is 19.4. The number of alkyl halides is 3. The number of aromatic nitrogens is 2. The molecule has 0 aliphatic rings. The van der Waals surface area contributed by atoms with Crippen molar-refractivity contribution in [3.8, 4) is 17.0 Å². The predicted octanol–water partition coefficient (Wildman–Crippen LogP) is 6.30. The van der Waals surface area contributed by atoms with Gasteiger partial charge in [-0.25, -0.2) is 4.98 Å². The Morgan fingerprint density at radius 3 is 2.40 bits per heavy atom. The Hall–Kier alpha value is -3.29. The van der Waals surface area contributed by atoms with Crippen LogP contribution >= 0.6 is 0 Å². The minimum Gasteiger partial charge on any atom is -0.406 e. The number of anilines is 3. The summed E-state index contributed by atoms with van der Waals surface area (Å²) in [6, 6.07) is 15.8. The fourth-order valence-corrected chi connectivity index (χ4v) is 2.77. The molecule has 3 rings (SSSR count). The Labute approximate surface area is 173 Å². The molecule has 1 aromatic heterocycles. The first-order valence-corrected chi connectivity index (χ1v) is 9.58. The fourth-order valence-electron chi connectivity index (χ4n) is 2.77. The zero-order chi connectivity index (χ0) is 21.7. The molecule has 0 bridgehead atoms. The van der Waals surface area contributed by atoms with E-state index in [9.17, 15) is 13.2 Å². The quantitative estimate of drug-likeness (QED) is 0.473. The molecule has 0 saturated carbocycles. The summed E-state index contributed by atoms with van der Waals surface area (Å²) in [4.78, 5) is 9.12. The zero-order valence-electron chi connectivity index (χ0n) is 16.9. The molecule has 0 radical (unpaired) electrons. The van der Waals surface area contributed by atoms with Gasteiger partial charge in [-0.2, -0.15) is 4.98 Å². The van der Waals surface area contributed by atoms with Gasteiger partial charge in [0.1, 0.15) is 11.6 Å². The fraction of sp³-hybridized carbons (Fsp3) is 0.273. The summed E-state index contributed by atoms with van der Waals surface area (Å²) in [6.45, 7) is 5.80. The van der Waals surface area contributed by atoms with Crippen molar-refractivity contribution < 1.29 is 17.9 Å². The van der Waals surface area contributed by atoms with Crippen LogP contribution in [0.2, 0.25) is 0 Å². The molecule has 3 aromatic rings. The number of rotatable bonds is 7. The topological polar surface area (TPSA) is 59.1 Å². The molecule has 30 heavy (non-hydrogen) atoms. The molecule has 158 valence electrons. The number of halogens is 3. The van der Waals surface area contributed by atoms with Crippen molar-refractivity contribution in [1.29, 1.82) is 0 Å². The molecule has 0 spiro atoms. The molecule has 1 atom stereocenters. The van der Waals surface area contributed by atoms with Gasteiger partial charge in [0.05, 0.1) is 5.69 Å². The van der Waals surface area contributed by atoms with Crippen molar-refractivity contribution in [2.45, 2.75) is 39.6 Å². The van der Waals surface area contributed by atoms with Gasteiger partial charge >= 0.3 is 6.36 Å². The van der Waals surface area contributed by atoms with Gasteiger partial charge in [-0.3, -0.25) is 0 Å². The summed E-state index contributed by atoms with van der Waals surface area (Å²) in [7, 11) is 0. The molecule has 0 saturated heterocycles. The standard InChI is InChI=1S/C22H23F3N4O/c1-4-15(3)26-21-28-19(16-8-6-5-7-9-16)13-20(29-21)27-18-11-10-17(12-14(18)2)30-22(23,24)25/h5-13,15H,4H2,1-3H3,(H2,26,27,28,29)/t15-/m0/s1. The van der Waals surface area contributed by atoms with E-state index in [0.717, 1.165) is 17.7 Å². The number of nitrogens with one attached hydrogen (secondary N) is 2. The molecular weight excluding hydrogens is 393 g/mol. The number of ether oxygens (including phenoxy) is 1. The minimum absolute atomic E-state index is 0.185. The van der Waals surface area contributed by atoms with Crippen LogP contribution in [0.5, 0.6) is 5.75 Å². The van der Waals surface area contributed by atoms with Crippen molar-refractivity contribution in [3.05, 3.63) is 60.2 Å². The van der Waals surface area contributed by atoms with Gasteiger partial charge in [-0.15, -0.1) is 13.2 Å². The van der Waals surface area contributed by atoms with Crippen LogP contribution in [0.25, 0.3) is 11.3 Å². The van der Waals surface area contributed by atoms with E-state index in [2.05, 4.69) is 32.3 Å². The van der Waals surface area contributed by atoms with Gasteiger partial charge in [0, 0.05) is 23.4 Å². The average Bonchev–Trinajstić information content (AvgIpc) is 2.69. The van der Waals surface area contributed by atoms with E-state index < -0.39 is 6.36 Å². The second kappa shape index (κ2) is 9.02. The first kappa shape index (κ1) is 21.4. The molecule has 1 heterocycles. The Morgan fingerprint density at radius 2 is 1.77 bits per heavy atom. The van der Waals surface area contributed by atoms with Crippen LogP contribution in [0.1, 0.15) is 25.8 Å². The van der Waals surface area contributed by atoms with Gasteiger partial charge in [0.15, 0.2) is 0 Å². The third kappa shape index (κ3) is 5.85. The van der Waals surface area contributed by atoms with E-state index in [-0.39, 0.29) is 11.8 Å². The van der Waals surface area contributed by atoms with Gasteiger partial charge in [-0.1, -0.05) is 37.3 Å². The highest BCUT2D eigenvalue weighted by molar-refractivity contribution is 5.69. The first-order valence-electron chi connectivity index (χ1n) is 9.58. The zero-order valence-corrected chi connectivity index (χ0v) is 16.9. The minimum atomic E-state index is -4.73. The molecule has 8 heteroatoms. The number of hydrogen-bond acceptors (Lipinski definition) is 5. The normalized spacial score (nSPS) is 12.3. The molecule has 0 fully saturated rings. The number of hydrogen-bond donors (Lipinski definition) is 2. The van der Waals surface area contributed by atoms with Gasteiger partial charge in [0.2, 0.25) is 5.95 Å². The number of aryl methyl sites for hydroxylation is 1. The second-order valence-electron chi connectivity index (χ2n) is 6.93. The molecule has 2 aromatic carbocycles. The summed E-state index contributed by atoms with van der Waals surface area (Å²) in [5, 5.41) is 6.45. The molecular formula is C22H23F3N4O. The third-order valence-corrected chi connectivity index (χ3v) is 4.48. The lowest BCUT2D eigenvalue weighted by molar-refractivity contribution is -0.274. The molecule has 0 unspecified atom stereocenters. The first-order chi connectivity index (χ1) is 14.2. The third-order valence-electron chi connectivity index (χ3n) is 4.48. The van der Waals surface area contributed by atoms with E-state index in [0.29, 0.717) is 23.0 Å². The molecule has 2 N–H and O–H groups in total. The van der Waals surface area contributed by atoms with E-state index in [1.165, 1.54) is 18.2 Å². The number of nitrogens with zero attached hydrogens (tertiary/aromatic N) is 2. The van der Waals surface area contributed by atoms with Gasteiger partial charge in [0.25, 0.3) is 0 Å². The largest absolute Gasteiger partial charge is 0.573 e. The molecule has 5 nitrogen and oxygen atoms in total. The predicted molar refractivity (Wildman–Crippen MR) is 112 cm³/mol. The van der Waals surface area contributed by atoms with Crippen LogP contribution in [0.3, 0.4) is 0 Å². The maximum Gasteiger partial charge on any atom is 0.573 e. The van der Waals surface area contributed by atoms with Crippen molar-refractivity contribution in [2.24, 2.45) is 0 Å². The highest BCUT2D eigenvalue weighted by Crippen LogP contribution is 2.29. The van der Waals surface area contributed by atoms with Crippen molar-refractivity contribution in [3.63, 3.8) is 0 Å². The van der Waals surface area contributed by atoms with Crippen LogP contribution in [-0.4, -0.2) is 22.4 Å². The summed E-state index contributed by atoms with van der Waals surface area (Å²) in [5.41, 5.74) is 2.87. The average molecular weight is 416 g/mol. The van der Waals surface area contributed by atoms with Crippen molar-refractivity contribution in [1.82, 2.24) is 9.97 Å². The van der Waals surface area contributed by atoms with Crippen LogP contribution < -0.4 is 15.4 Å². The van der Waals surface area contributed by atoms with Crippen molar-refractivity contribution in [2.75, 3.05) is 10.6 Å². The monoisotopic (exact) mass is 416 g/mol. The van der Waals surface area contributed by atoms with E-state index >= 15 is 0 Å². The summed E-state index contributed by atoms with van der Waals surface area (Å²) in [6.07, 6.45) is -3.82. The SMILES string of the molecule is CC[C@H](C)Nc1nc(Nc2ccc(OC(F)(F)F)cc2C)cc(-c2ccccc2)n1. The second-order valence-corrected chi connectivity index (χ2v) is 6.93. The van der Waals surface area contributed by atoms with E-state index in [1.807, 2.05) is 37.3 Å². The Kier molecular flexibility index (Phi) is 6.44. The van der Waals surface area contributed by atoms with E-state index in [1.54, 1.807) is 13.0 Å². The maximum atomic E-state index is 12.4. The maximum absolute atomic E-state index is 12.4. The smallest absolute Gasteiger partial charge is 0.406 e. The Morgan fingerprint density at radius 1 is 1.03 bits per heavy atom. The summed E-state index contributed by atoms with van der Waals surface area (Å²) < 4.78 is 41.3. The summed E-state index contributed by atoms with van der Waals surface area (Å²) >= 11 is 0. The van der Waals surface area contributed by atoms with Crippen molar-refractivity contribution >= 4 is 17.5 Å². The van der Waals surface area contributed by atoms with Gasteiger partial charge in [-0.05, 0) is 44.0 Å². The van der Waals surface area contributed by atoms with Crippen LogP contribution in [-0.2, 0) is 0 Å². The molecule has 0 aliphatic carbocycles. The Bertz CT molecular complexity index is 993. The Balaban J connectivity index is 1.92. The lowest BCUT2D eigenvalue weighted by Gasteiger charge is -2.16. The lowest BCUT2D eigenvalue weighted by atomic mass is 10.1. The van der Waals surface area contributed by atoms with Crippen LogP contribution in [0.4, 0.5) is 30.6 Å². The van der Waals surface area contributed by atoms with E-state index in [4.69, 9.17) is 0 Å². The molecule has 0 amide bonds. The lowest BCUT2D eigenvalue weighted by Crippen LogP contribution is -2.17. The number of benzene rings is 2. The highest BCUT2D eigenvalue weighted by Gasteiger charge is 2.31.